The molecule has 8 nitrogen and oxygen atoms in total. The van der Waals surface area contributed by atoms with Gasteiger partial charge in [-0.05, 0) is 88.9 Å². The van der Waals surface area contributed by atoms with Gasteiger partial charge in [0.15, 0.2) is 0 Å². The maximum atomic E-state index is 13.3. The van der Waals surface area contributed by atoms with Crippen LogP contribution in [0.5, 0.6) is 11.6 Å². The van der Waals surface area contributed by atoms with Crippen molar-refractivity contribution in [3.05, 3.63) is 83.7 Å². The van der Waals surface area contributed by atoms with Gasteiger partial charge in [-0.25, -0.2) is 14.8 Å². The minimum atomic E-state index is -4.43. The van der Waals surface area contributed by atoms with Gasteiger partial charge in [0, 0.05) is 43.9 Å². The number of ether oxygens (including phenoxy) is 2. The van der Waals surface area contributed by atoms with Crippen molar-refractivity contribution in [3.8, 4) is 34.3 Å². The standard InChI is InChI=1S/C35H40F3N5O3/c1-23-19-24(2)21-28(20-23)45-30-8-6-7-29(41-30)32-31(25-9-11-26(12-10-25)35(36,37)38)40-22-43(32)27-13-16-42(17-14-27)18-15-39-33(44)46-34(3,4)5/h6-12,19-22,27H,13-18H2,1-5H3,(H,39,44). The van der Waals surface area contributed by atoms with Crippen LogP contribution in [0, 0.1) is 13.8 Å². The molecule has 0 aliphatic carbocycles. The van der Waals surface area contributed by atoms with Crippen LogP contribution in [0.3, 0.4) is 0 Å². The highest BCUT2D eigenvalue weighted by atomic mass is 19.4. The zero-order valence-corrected chi connectivity index (χ0v) is 26.8. The van der Waals surface area contributed by atoms with E-state index in [-0.39, 0.29) is 6.04 Å². The first-order valence-electron chi connectivity index (χ1n) is 15.4. The SMILES string of the molecule is Cc1cc(C)cc(Oc2cccc(-c3c(-c4ccc(C(F)(F)F)cc4)ncn3C3CCN(CCNC(=O)OC(C)(C)C)CC3)n2)c1. The first-order valence-corrected chi connectivity index (χ1v) is 15.4. The van der Waals surface area contributed by atoms with Crippen LogP contribution in [0.15, 0.2) is 67.0 Å². The molecule has 0 radical (unpaired) electrons. The molecule has 4 aromatic rings. The number of nitrogens with zero attached hydrogens (tertiary/aromatic N) is 4. The highest BCUT2D eigenvalue weighted by molar-refractivity contribution is 5.77. The van der Waals surface area contributed by atoms with E-state index in [0.29, 0.717) is 41.7 Å². The fourth-order valence-electron chi connectivity index (χ4n) is 5.69. The molecule has 1 amide bonds. The second-order valence-electron chi connectivity index (χ2n) is 12.7. The number of nitrogens with one attached hydrogen (secondary N) is 1. The van der Waals surface area contributed by atoms with Crippen molar-refractivity contribution in [2.24, 2.45) is 0 Å². The summed E-state index contributed by atoms with van der Waals surface area (Å²) in [5.41, 5.74) is 3.32. The number of carbonyl (C=O) groups is 1. The molecule has 5 rings (SSSR count). The molecule has 1 aliphatic heterocycles. The van der Waals surface area contributed by atoms with Gasteiger partial charge in [-0.1, -0.05) is 24.3 Å². The van der Waals surface area contributed by atoms with Gasteiger partial charge >= 0.3 is 12.3 Å². The van der Waals surface area contributed by atoms with Crippen LogP contribution in [0.25, 0.3) is 22.6 Å². The maximum Gasteiger partial charge on any atom is 0.416 e. The monoisotopic (exact) mass is 635 g/mol. The van der Waals surface area contributed by atoms with Crippen molar-refractivity contribution in [2.45, 2.75) is 65.3 Å². The number of alkyl carbamates (subject to hydrolysis) is 1. The minimum absolute atomic E-state index is 0.0894. The average Bonchev–Trinajstić information content (AvgIpc) is 3.41. The number of hydrogen-bond acceptors (Lipinski definition) is 6. The molecular formula is C35H40F3N5O3. The van der Waals surface area contributed by atoms with Gasteiger partial charge in [0.2, 0.25) is 5.88 Å². The second-order valence-corrected chi connectivity index (χ2v) is 12.7. The minimum Gasteiger partial charge on any atom is -0.444 e. The smallest absolute Gasteiger partial charge is 0.416 e. The molecule has 1 aliphatic rings. The largest absolute Gasteiger partial charge is 0.444 e. The van der Waals surface area contributed by atoms with E-state index in [2.05, 4.69) is 20.9 Å². The zero-order valence-electron chi connectivity index (χ0n) is 26.8. The molecule has 46 heavy (non-hydrogen) atoms. The lowest BCUT2D eigenvalue weighted by Gasteiger charge is -2.33. The predicted octanol–water partition coefficient (Wildman–Crippen LogP) is 8.20. The number of hydrogen-bond donors (Lipinski definition) is 1. The van der Waals surface area contributed by atoms with E-state index in [9.17, 15) is 18.0 Å². The van der Waals surface area contributed by atoms with Crippen molar-refractivity contribution >= 4 is 6.09 Å². The molecule has 3 heterocycles. The van der Waals surface area contributed by atoms with E-state index in [0.717, 1.165) is 54.9 Å². The third kappa shape index (κ3) is 8.45. The summed E-state index contributed by atoms with van der Waals surface area (Å²) >= 11 is 0. The first kappa shape index (κ1) is 33.0. The van der Waals surface area contributed by atoms with Crippen molar-refractivity contribution in [2.75, 3.05) is 26.2 Å². The molecule has 0 spiro atoms. The van der Waals surface area contributed by atoms with E-state index in [1.807, 2.05) is 58.9 Å². The number of benzene rings is 2. The lowest BCUT2D eigenvalue weighted by molar-refractivity contribution is -0.137. The van der Waals surface area contributed by atoms with Crippen LogP contribution < -0.4 is 10.1 Å². The Morgan fingerprint density at radius 1 is 0.978 bits per heavy atom. The van der Waals surface area contributed by atoms with Crippen LogP contribution in [0.1, 0.15) is 56.3 Å². The van der Waals surface area contributed by atoms with E-state index in [1.165, 1.54) is 12.1 Å². The summed E-state index contributed by atoms with van der Waals surface area (Å²) in [6.07, 6.45) is -1.47. The van der Waals surface area contributed by atoms with E-state index >= 15 is 0 Å². The molecule has 244 valence electrons. The molecule has 0 saturated carbocycles. The Hall–Kier alpha value is -4.38. The fraction of sp³-hybridized carbons (Fsp3) is 0.400. The highest BCUT2D eigenvalue weighted by Crippen LogP contribution is 2.38. The topological polar surface area (TPSA) is 81.5 Å². The average molecular weight is 636 g/mol. The number of rotatable bonds is 8. The highest BCUT2D eigenvalue weighted by Gasteiger charge is 2.31. The molecular weight excluding hydrogens is 595 g/mol. The normalized spacial score (nSPS) is 14.7. The molecule has 11 heteroatoms. The van der Waals surface area contributed by atoms with Crippen LogP contribution in [-0.4, -0.2) is 57.3 Å². The van der Waals surface area contributed by atoms with Crippen LogP contribution >= 0.6 is 0 Å². The number of carbonyl (C=O) groups excluding carboxylic acids is 1. The van der Waals surface area contributed by atoms with Gasteiger partial charge in [-0.3, -0.25) is 0 Å². The van der Waals surface area contributed by atoms with Gasteiger partial charge in [-0.15, -0.1) is 0 Å². The molecule has 1 fully saturated rings. The van der Waals surface area contributed by atoms with E-state index in [4.69, 9.17) is 19.4 Å². The first-order chi connectivity index (χ1) is 21.7. The molecule has 0 atom stereocenters. The Morgan fingerprint density at radius 3 is 2.28 bits per heavy atom. The lowest BCUT2D eigenvalue weighted by atomic mass is 10.0. The maximum absolute atomic E-state index is 13.3. The third-order valence-corrected chi connectivity index (χ3v) is 7.71. The van der Waals surface area contributed by atoms with Crippen LogP contribution in [0.2, 0.25) is 0 Å². The molecule has 0 unspecified atom stereocenters. The zero-order chi connectivity index (χ0) is 33.1. The van der Waals surface area contributed by atoms with Crippen molar-refractivity contribution in [3.63, 3.8) is 0 Å². The second kappa shape index (κ2) is 13.5. The van der Waals surface area contributed by atoms with Crippen LogP contribution in [-0.2, 0) is 10.9 Å². The number of alkyl halides is 3. The number of likely N-dealkylation sites (tertiary alicyclic amines) is 1. The predicted molar refractivity (Wildman–Crippen MR) is 171 cm³/mol. The Balaban J connectivity index is 1.39. The van der Waals surface area contributed by atoms with Gasteiger partial charge < -0.3 is 24.3 Å². The van der Waals surface area contributed by atoms with Crippen molar-refractivity contribution in [1.82, 2.24) is 24.8 Å². The summed E-state index contributed by atoms with van der Waals surface area (Å²) in [6.45, 7) is 12.3. The third-order valence-electron chi connectivity index (χ3n) is 7.71. The van der Waals surface area contributed by atoms with E-state index in [1.54, 1.807) is 12.4 Å². The summed E-state index contributed by atoms with van der Waals surface area (Å²) in [6, 6.07) is 16.6. The van der Waals surface area contributed by atoms with E-state index < -0.39 is 23.4 Å². The number of aromatic nitrogens is 3. The van der Waals surface area contributed by atoms with Crippen molar-refractivity contribution in [1.29, 1.82) is 0 Å². The molecule has 1 saturated heterocycles. The summed E-state index contributed by atoms with van der Waals surface area (Å²) < 4.78 is 53.5. The Bertz CT molecular complexity index is 1630. The quantitative estimate of drug-likeness (QED) is 0.210. The number of halogens is 3. The Labute approximate surface area is 267 Å². The van der Waals surface area contributed by atoms with Gasteiger partial charge in [0.05, 0.1) is 29.0 Å². The number of imidazole rings is 1. The summed E-state index contributed by atoms with van der Waals surface area (Å²) in [5, 5.41) is 2.81. The summed E-state index contributed by atoms with van der Waals surface area (Å²) in [4.78, 5) is 23.9. The van der Waals surface area contributed by atoms with Gasteiger partial charge in [-0.2, -0.15) is 13.2 Å². The fourth-order valence-corrected chi connectivity index (χ4v) is 5.69. The number of piperidine rings is 1. The Morgan fingerprint density at radius 2 is 1.65 bits per heavy atom. The van der Waals surface area contributed by atoms with Crippen LogP contribution in [0.4, 0.5) is 18.0 Å². The lowest BCUT2D eigenvalue weighted by Crippen LogP contribution is -2.41. The van der Waals surface area contributed by atoms with Gasteiger partial charge in [0.1, 0.15) is 11.4 Å². The number of aryl methyl sites for hydroxylation is 2. The molecule has 2 aromatic heterocycles. The van der Waals surface area contributed by atoms with Crippen molar-refractivity contribution < 1.29 is 27.4 Å². The molecule has 1 N–H and O–H groups in total. The van der Waals surface area contributed by atoms with Gasteiger partial charge in [0.25, 0.3) is 0 Å². The number of amides is 1. The summed E-state index contributed by atoms with van der Waals surface area (Å²) in [7, 11) is 0. The molecule has 0 bridgehead atoms. The number of pyridine rings is 1. The molecule has 2 aromatic carbocycles. The summed E-state index contributed by atoms with van der Waals surface area (Å²) in [5.74, 6) is 1.08. The Kier molecular flexibility index (Phi) is 9.71.